The number of hydrogen-bond acceptors (Lipinski definition) is 7. The van der Waals surface area contributed by atoms with Gasteiger partial charge in [-0.25, -0.2) is 4.98 Å². The number of morpholine rings is 1. The standard InChI is InChI=1S/C18H25N5OS/c1-14-4-5-17(21-20-14)23-8-9-24-18(13-23)6-3-7-22(12-18)10-16-11-25-15(2)19-16/h4-5,11H,3,6-10,12-13H2,1-2H3/t18-/m1/s1. The highest BCUT2D eigenvalue weighted by Crippen LogP contribution is 2.31. The Labute approximate surface area is 152 Å². The summed E-state index contributed by atoms with van der Waals surface area (Å²) in [6, 6.07) is 4.10. The van der Waals surface area contributed by atoms with E-state index < -0.39 is 0 Å². The topological polar surface area (TPSA) is 54.4 Å². The van der Waals surface area contributed by atoms with Crippen molar-refractivity contribution in [2.75, 3.05) is 37.7 Å². The van der Waals surface area contributed by atoms with Crippen molar-refractivity contribution < 1.29 is 4.74 Å². The summed E-state index contributed by atoms with van der Waals surface area (Å²) >= 11 is 1.73. The highest BCUT2D eigenvalue weighted by molar-refractivity contribution is 7.09. The zero-order valence-corrected chi connectivity index (χ0v) is 15.8. The minimum Gasteiger partial charge on any atom is -0.370 e. The number of piperidine rings is 1. The van der Waals surface area contributed by atoms with E-state index >= 15 is 0 Å². The lowest BCUT2D eigenvalue weighted by molar-refractivity contribution is -0.0988. The van der Waals surface area contributed by atoms with E-state index in [2.05, 4.69) is 43.4 Å². The van der Waals surface area contributed by atoms with Crippen molar-refractivity contribution >= 4 is 17.2 Å². The van der Waals surface area contributed by atoms with Crippen LogP contribution in [0.2, 0.25) is 0 Å². The summed E-state index contributed by atoms with van der Waals surface area (Å²) in [6.45, 7) is 9.54. The lowest BCUT2D eigenvalue weighted by Crippen LogP contribution is -2.59. The molecule has 4 heterocycles. The maximum absolute atomic E-state index is 6.31. The monoisotopic (exact) mass is 359 g/mol. The summed E-state index contributed by atoms with van der Waals surface area (Å²) in [4.78, 5) is 9.43. The third-order valence-electron chi connectivity index (χ3n) is 5.03. The summed E-state index contributed by atoms with van der Waals surface area (Å²) in [7, 11) is 0. The Morgan fingerprint density at radius 2 is 2.12 bits per heavy atom. The average molecular weight is 359 g/mol. The van der Waals surface area contributed by atoms with E-state index in [1.165, 1.54) is 5.69 Å². The molecule has 2 aromatic heterocycles. The van der Waals surface area contributed by atoms with Crippen molar-refractivity contribution in [3.63, 3.8) is 0 Å². The molecule has 0 radical (unpaired) electrons. The number of aryl methyl sites for hydroxylation is 2. The Morgan fingerprint density at radius 1 is 1.20 bits per heavy atom. The number of aromatic nitrogens is 3. The number of hydrogen-bond donors (Lipinski definition) is 0. The number of likely N-dealkylation sites (tertiary alicyclic amines) is 1. The third kappa shape index (κ3) is 3.83. The predicted octanol–water partition coefficient (Wildman–Crippen LogP) is 2.42. The Hall–Kier alpha value is -1.57. The number of nitrogens with zero attached hydrogens (tertiary/aromatic N) is 5. The van der Waals surface area contributed by atoms with E-state index in [-0.39, 0.29) is 5.60 Å². The first-order valence-corrected chi connectivity index (χ1v) is 9.83. The average Bonchev–Trinajstić information content (AvgIpc) is 3.00. The lowest BCUT2D eigenvalue weighted by atomic mass is 9.90. The molecule has 0 aromatic carbocycles. The van der Waals surface area contributed by atoms with Gasteiger partial charge in [-0.15, -0.1) is 16.4 Å². The summed E-state index contributed by atoms with van der Waals surface area (Å²) in [5.41, 5.74) is 2.03. The van der Waals surface area contributed by atoms with Crippen molar-refractivity contribution in [3.05, 3.63) is 33.9 Å². The second-order valence-electron chi connectivity index (χ2n) is 7.16. The molecule has 134 valence electrons. The molecule has 7 heteroatoms. The molecule has 2 saturated heterocycles. The van der Waals surface area contributed by atoms with Crippen LogP contribution in [0.25, 0.3) is 0 Å². The van der Waals surface area contributed by atoms with Crippen molar-refractivity contribution in [3.8, 4) is 0 Å². The van der Waals surface area contributed by atoms with Crippen LogP contribution in [0.1, 0.15) is 29.2 Å². The van der Waals surface area contributed by atoms with E-state index in [0.29, 0.717) is 0 Å². The molecule has 2 aromatic rings. The van der Waals surface area contributed by atoms with Crippen molar-refractivity contribution in [1.29, 1.82) is 0 Å². The fourth-order valence-corrected chi connectivity index (χ4v) is 4.49. The van der Waals surface area contributed by atoms with Gasteiger partial charge < -0.3 is 9.64 Å². The van der Waals surface area contributed by atoms with Gasteiger partial charge in [0.15, 0.2) is 5.82 Å². The maximum Gasteiger partial charge on any atom is 0.151 e. The molecule has 2 aliphatic heterocycles. The molecule has 0 saturated carbocycles. The Balaban J connectivity index is 1.45. The van der Waals surface area contributed by atoms with Crippen molar-refractivity contribution in [1.82, 2.24) is 20.1 Å². The largest absolute Gasteiger partial charge is 0.370 e. The minimum atomic E-state index is -0.103. The van der Waals surface area contributed by atoms with Gasteiger partial charge in [-0.05, 0) is 45.4 Å². The van der Waals surface area contributed by atoms with Crippen LogP contribution < -0.4 is 4.90 Å². The fourth-order valence-electron chi connectivity index (χ4n) is 3.88. The molecule has 0 unspecified atom stereocenters. The fraction of sp³-hybridized carbons (Fsp3) is 0.611. The molecule has 0 bridgehead atoms. The van der Waals surface area contributed by atoms with Crippen LogP contribution in [0.15, 0.2) is 17.5 Å². The normalized spacial score (nSPS) is 24.8. The van der Waals surface area contributed by atoms with E-state index in [0.717, 1.165) is 68.7 Å². The van der Waals surface area contributed by atoms with Crippen LogP contribution in [0, 0.1) is 13.8 Å². The van der Waals surface area contributed by atoms with Crippen LogP contribution in [0.3, 0.4) is 0 Å². The molecule has 25 heavy (non-hydrogen) atoms. The molecular formula is C18H25N5OS. The Bertz CT molecular complexity index is 715. The maximum atomic E-state index is 6.31. The second kappa shape index (κ2) is 6.97. The second-order valence-corrected chi connectivity index (χ2v) is 8.22. The molecule has 1 spiro atoms. The summed E-state index contributed by atoms with van der Waals surface area (Å²) < 4.78 is 6.31. The highest BCUT2D eigenvalue weighted by atomic mass is 32.1. The first-order chi connectivity index (χ1) is 12.1. The molecule has 4 rings (SSSR count). The van der Waals surface area contributed by atoms with Crippen LogP contribution in [0.5, 0.6) is 0 Å². The molecule has 6 nitrogen and oxygen atoms in total. The van der Waals surface area contributed by atoms with Gasteiger partial charge >= 0.3 is 0 Å². The van der Waals surface area contributed by atoms with Gasteiger partial charge in [-0.3, -0.25) is 4.90 Å². The molecule has 0 amide bonds. The van der Waals surface area contributed by atoms with Crippen LogP contribution in [-0.4, -0.2) is 58.5 Å². The van der Waals surface area contributed by atoms with Gasteiger partial charge in [0.2, 0.25) is 0 Å². The van der Waals surface area contributed by atoms with E-state index in [9.17, 15) is 0 Å². The SMILES string of the molecule is Cc1ccc(N2CCO[C@@]3(CCCN(Cc4csc(C)n4)C3)C2)nn1. The van der Waals surface area contributed by atoms with E-state index in [1.54, 1.807) is 11.3 Å². The molecule has 1 atom stereocenters. The van der Waals surface area contributed by atoms with Crippen molar-refractivity contribution in [2.24, 2.45) is 0 Å². The summed E-state index contributed by atoms with van der Waals surface area (Å²) in [5, 5.41) is 11.9. The van der Waals surface area contributed by atoms with Crippen LogP contribution >= 0.6 is 11.3 Å². The lowest BCUT2D eigenvalue weighted by Gasteiger charge is -2.48. The quantitative estimate of drug-likeness (QED) is 0.839. The van der Waals surface area contributed by atoms with E-state index in [4.69, 9.17) is 4.74 Å². The van der Waals surface area contributed by atoms with Crippen LogP contribution in [-0.2, 0) is 11.3 Å². The first-order valence-electron chi connectivity index (χ1n) is 8.95. The molecule has 2 fully saturated rings. The molecule has 2 aliphatic rings. The van der Waals surface area contributed by atoms with E-state index in [1.807, 2.05) is 13.0 Å². The van der Waals surface area contributed by atoms with Gasteiger partial charge in [0.05, 0.1) is 28.6 Å². The third-order valence-corrected chi connectivity index (χ3v) is 5.85. The summed E-state index contributed by atoms with van der Waals surface area (Å²) in [5.74, 6) is 0.959. The summed E-state index contributed by atoms with van der Waals surface area (Å²) in [6.07, 6.45) is 2.27. The van der Waals surface area contributed by atoms with Gasteiger partial charge in [-0.2, -0.15) is 5.10 Å². The zero-order valence-electron chi connectivity index (χ0n) is 14.9. The van der Waals surface area contributed by atoms with Gasteiger partial charge in [-0.1, -0.05) is 0 Å². The number of ether oxygens (including phenoxy) is 1. The highest BCUT2D eigenvalue weighted by Gasteiger charge is 2.41. The zero-order chi connectivity index (χ0) is 17.3. The molecular weight excluding hydrogens is 334 g/mol. The Kier molecular flexibility index (Phi) is 4.71. The molecule has 0 aliphatic carbocycles. The molecule has 0 N–H and O–H groups in total. The predicted molar refractivity (Wildman–Crippen MR) is 99.0 cm³/mol. The van der Waals surface area contributed by atoms with Crippen molar-refractivity contribution in [2.45, 2.75) is 38.8 Å². The number of anilines is 1. The first kappa shape index (κ1) is 16.9. The van der Waals surface area contributed by atoms with Gasteiger partial charge in [0.25, 0.3) is 0 Å². The minimum absolute atomic E-state index is 0.103. The smallest absolute Gasteiger partial charge is 0.151 e. The Morgan fingerprint density at radius 3 is 2.88 bits per heavy atom. The number of thiazole rings is 1. The van der Waals surface area contributed by atoms with Gasteiger partial charge in [0.1, 0.15) is 0 Å². The van der Waals surface area contributed by atoms with Crippen LogP contribution in [0.4, 0.5) is 5.82 Å². The van der Waals surface area contributed by atoms with Gasteiger partial charge in [0, 0.05) is 31.6 Å². The number of rotatable bonds is 3.